The second-order valence-corrected chi connectivity index (χ2v) is 3.97. The maximum absolute atomic E-state index is 11.3. The van der Waals surface area contributed by atoms with Crippen LogP contribution in [0.15, 0.2) is 10.9 Å². The molecule has 0 spiro atoms. The summed E-state index contributed by atoms with van der Waals surface area (Å²) in [6, 6.07) is 1.49. The van der Waals surface area contributed by atoms with Gasteiger partial charge in [0, 0.05) is 19.0 Å². The summed E-state index contributed by atoms with van der Waals surface area (Å²) in [7, 11) is 1.93. The van der Waals surface area contributed by atoms with E-state index in [0.717, 1.165) is 25.3 Å². The summed E-state index contributed by atoms with van der Waals surface area (Å²) >= 11 is 0. The van der Waals surface area contributed by atoms with Crippen molar-refractivity contribution in [1.29, 1.82) is 0 Å². The van der Waals surface area contributed by atoms with Gasteiger partial charge in [-0.15, -0.1) is 0 Å². The van der Waals surface area contributed by atoms with E-state index >= 15 is 0 Å². The van der Waals surface area contributed by atoms with Gasteiger partial charge in [0.15, 0.2) is 0 Å². The van der Waals surface area contributed by atoms with Crippen molar-refractivity contribution in [2.45, 2.75) is 20.3 Å². The van der Waals surface area contributed by atoms with E-state index in [4.69, 9.17) is 0 Å². The summed E-state index contributed by atoms with van der Waals surface area (Å²) in [5.74, 6) is 1.87. The molecule has 0 saturated heterocycles. The minimum Gasteiger partial charge on any atom is -0.370 e. The first-order chi connectivity index (χ1) is 7.65. The van der Waals surface area contributed by atoms with Crippen molar-refractivity contribution < 1.29 is 0 Å². The highest BCUT2D eigenvalue weighted by Crippen LogP contribution is 2.01. The fourth-order valence-corrected chi connectivity index (χ4v) is 1.47. The molecule has 0 amide bonds. The molecule has 1 heterocycles. The fraction of sp³-hybridized carbons (Fsp3) is 0.636. The van der Waals surface area contributed by atoms with Gasteiger partial charge >= 0.3 is 0 Å². The van der Waals surface area contributed by atoms with Gasteiger partial charge in [-0.1, -0.05) is 13.8 Å². The van der Waals surface area contributed by atoms with Crippen LogP contribution in [0.2, 0.25) is 0 Å². The Morgan fingerprint density at radius 1 is 1.50 bits per heavy atom. The van der Waals surface area contributed by atoms with Crippen molar-refractivity contribution in [1.82, 2.24) is 15.3 Å². The minimum atomic E-state index is -0.101. The third kappa shape index (κ3) is 4.02. The number of H-pyrrole nitrogens is 1. The number of hydrogen-bond acceptors (Lipinski definition) is 4. The van der Waals surface area contributed by atoms with Crippen LogP contribution >= 0.6 is 0 Å². The second-order valence-electron chi connectivity index (χ2n) is 3.97. The summed E-state index contributed by atoms with van der Waals surface area (Å²) in [5, 5.41) is 6.28. The number of aryl methyl sites for hydroxylation is 1. The van der Waals surface area contributed by atoms with Gasteiger partial charge in [-0.3, -0.25) is 4.79 Å². The summed E-state index contributed by atoms with van der Waals surface area (Å²) in [6.45, 7) is 5.85. The van der Waals surface area contributed by atoms with Crippen LogP contribution in [0.4, 0.5) is 5.82 Å². The molecule has 1 atom stereocenters. The van der Waals surface area contributed by atoms with Crippen molar-refractivity contribution in [3.8, 4) is 0 Å². The average Bonchev–Trinajstić information content (AvgIpc) is 2.26. The van der Waals surface area contributed by atoms with Gasteiger partial charge in [-0.05, 0) is 19.5 Å². The molecule has 3 N–H and O–H groups in total. The number of nitrogens with zero attached hydrogens (tertiary/aromatic N) is 1. The van der Waals surface area contributed by atoms with Gasteiger partial charge in [0.1, 0.15) is 11.6 Å². The van der Waals surface area contributed by atoms with Gasteiger partial charge in [0.05, 0.1) is 0 Å². The first kappa shape index (κ1) is 12.7. The van der Waals surface area contributed by atoms with Crippen molar-refractivity contribution >= 4 is 5.82 Å². The molecule has 0 saturated carbocycles. The number of rotatable bonds is 6. The third-order valence-corrected chi connectivity index (χ3v) is 2.31. The molecule has 0 aliphatic rings. The van der Waals surface area contributed by atoms with Gasteiger partial charge in [-0.2, -0.15) is 0 Å². The first-order valence-corrected chi connectivity index (χ1v) is 5.64. The van der Waals surface area contributed by atoms with E-state index in [2.05, 4.69) is 27.5 Å². The molecule has 1 rings (SSSR count). The van der Waals surface area contributed by atoms with Crippen molar-refractivity contribution in [3.05, 3.63) is 22.2 Å². The molecule has 5 heteroatoms. The van der Waals surface area contributed by atoms with Crippen LogP contribution in [-0.4, -0.2) is 30.1 Å². The van der Waals surface area contributed by atoms with Gasteiger partial charge < -0.3 is 15.6 Å². The molecule has 90 valence electrons. The summed E-state index contributed by atoms with van der Waals surface area (Å²) in [6.07, 6.45) is 0.733. The lowest BCUT2D eigenvalue weighted by Gasteiger charge is -2.12. The molecular weight excluding hydrogens is 204 g/mol. The Morgan fingerprint density at radius 2 is 2.25 bits per heavy atom. The van der Waals surface area contributed by atoms with E-state index < -0.39 is 0 Å². The Balaban J connectivity index is 2.59. The number of aromatic amines is 1. The molecule has 0 fully saturated rings. The Labute approximate surface area is 95.7 Å². The Morgan fingerprint density at radius 3 is 2.88 bits per heavy atom. The Bertz CT molecular complexity index is 374. The van der Waals surface area contributed by atoms with Crippen molar-refractivity contribution in [2.24, 2.45) is 5.92 Å². The molecule has 0 aliphatic heterocycles. The molecule has 1 unspecified atom stereocenters. The normalized spacial score (nSPS) is 12.4. The summed E-state index contributed by atoms with van der Waals surface area (Å²) in [5.41, 5.74) is -0.101. The van der Waals surface area contributed by atoms with E-state index in [1.807, 2.05) is 14.0 Å². The molecule has 5 nitrogen and oxygen atoms in total. The lowest BCUT2D eigenvalue weighted by atomic mass is 10.2. The number of hydrogen-bond donors (Lipinski definition) is 3. The van der Waals surface area contributed by atoms with E-state index in [9.17, 15) is 4.79 Å². The zero-order valence-corrected chi connectivity index (χ0v) is 10.1. The molecular formula is C11H20N4O. The maximum atomic E-state index is 11.3. The van der Waals surface area contributed by atoms with E-state index in [-0.39, 0.29) is 5.56 Å². The first-order valence-electron chi connectivity index (χ1n) is 5.64. The predicted molar refractivity (Wildman–Crippen MR) is 65.8 cm³/mol. The molecule has 16 heavy (non-hydrogen) atoms. The summed E-state index contributed by atoms with van der Waals surface area (Å²) in [4.78, 5) is 18.3. The zero-order chi connectivity index (χ0) is 12.0. The lowest BCUT2D eigenvalue weighted by Crippen LogP contribution is -2.24. The largest absolute Gasteiger partial charge is 0.370 e. The molecule has 1 aromatic heterocycles. The van der Waals surface area contributed by atoms with Crippen LogP contribution in [0.25, 0.3) is 0 Å². The van der Waals surface area contributed by atoms with E-state index in [1.165, 1.54) is 6.07 Å². The topological polar surface area (TPSA) is 69.8 Å². The third-order valence-electron chi connectivity index (χ3n) is 2.31. The molecule has 0 bridgehead atoms. The molecule has 1 aromatic rings. The highest BCUT2D eigenvalue weighted by atomic mass is 16.1. The fourth-order valence-electron chi connectivity index (χ4n) is 1.47. The quantitative estimate of drug-likeness (QED) is 0.662. The van der Waals surface area contributed by atoms with Crippen LogP contribution in [0.5, 0.6) is 0 Å². The highest BCUT2D eigenvalue weighted by molar-refractivity contribution is 5.32. The van der Waals surface area contributed by atoms with Crippen LogP contribution in [0.3, 0.4) is 0 Å². The monoisotopic (exact) mass is 224 g/mol. The minimum absolute atomic E-state index is 0.101. The Hall–Kier alpha value is -1.36. The van der Waals surface area contributed by atoms with E-state index in [0.29, 0.717) is 11.7 Å². The van der Waals surface area contributed by atoms with Crippen LogP contribution < -0.4 is 16.2 Å². The molecule has 0 aromatic carbocycles. The average molecular weight is 224 g/mol. The van der Waals surface area contributed by atoms with E-state index in [1.54, 1.807) is 0 Å². The second kappa shape index (κ2) is 6.27. The smallest absolute Gasteiger partial charge is 0.252 e. The number of nitrogens with one attached hydrogen (secondary N) is 3. The van der Waals surface area contributed by atoms with Crippen molar-refractivity contribution in [3.63, 3.8) is 0 Å². The van der Waals surface area contributed by atoms with Crippen LogP contribution in [-0.2, 0) is 6.42 Å². The van der Waals surface area contributed by atoms with Crippen LogP contribution in [0.1, 0.15) is 19.7 Å². The van der Waals surface area contributed by atoms with Crippen molar-refractivity contribution in [2.75, 3.05) is 25.5 Å². The number of anilines is 1. The summed E-state index contributed by atoms with van der Waals surface area (Å²) < 4.78 is 0. The SMILES string of the molecule is CCc1nc(NCC(C)CNC)cc(=O)[nH]1. The van der Waals surface area contributed by atoms with Gasteiger partial charge in [0.25, 0.3) is 5.56 Å². The highest BCUT2D eigenvalue weighted by Gasteiger charge is 2.02. The zero-order valence-electron chi connectivity index (χ0n) is 10.1. The van der Waals surface area contributed by atoms with Crippen LogP contribution in [0, 0.1) is 5.92 Å². The predicted octanol–water partition coefficient (Wildman–Crippen LogP) is 0.600. The van der Waals surface area contributed by atoms with Gasteiger partial charge in [-0.25, -0.2) is 4.98 Å². The maximum Gasteiger partial charge on any atom is 0.252 e. The standard InChI is InChI=1S/C11H20N4O/c1-4-9-14-10(5-11(16)15-9)13-7-8(2)6-12-3/h5,8,12H,4,6-7H2,1-3H3,(H2,13,14,15,16). The number of aromatic nitrogens is 2. The molecule has 0 aliphatic carbocycles. The van der Waals surface area contributed by atoms with Gasteiger partial charge in [0.2, 0.25) is 0 Å². The Kier molecular flexibility index (Phi) is 4.98. The molecule has 0 radical (unpaired) electrons. The lowest BCUT2D eigenvalue weighted by molar-refractivity contribution is 0.568.